The summed E-state index contributed by atoms with van der Waals surface area (Å²) in [6.45, 7) is 0. The van der Waals surface area contributed by atoms with E-state index in [0.29, 0.717) is 5.82 Å². The van der Waals surface area contributed by atoms with Gasteiger partial charge >= 0.3 is 0 Å². The number of benzene rings is 9. The topological polar surface area (TPSA) is 43.9 Å². The molecule has 0 saturated heterocycles. The van der Waals surface area contributed by atoms with Gasteiger partial charge in [0.1, 0.15) is 11.2 Å². The Bertz CT molecular complexity index is 3530. The second kappa shape index (κ2) is 13.8. The number of hydrogen-bond acceptors (Lipinski definition) is 3. The van der Waals surface area contributed by atoms with Crippen molar-refractivity contribution in [2.45, 2.75) is 0 Å². The zero-order chi connectivity index (χ0) is 39.6. The first kappa shape index (κ1) is 34.0. The van der Waals surface area contributed by atoms with E-state index in [0.717, 1.165) is 77.8 Å². The van der Waals surface area contributed by atoms with Crippen LogP contribution in [0.25, 0.3) is 116 Å². The van der Waals surface area contributed by atoms with Crippen LogP contribution >= 0.6 is 0 Å². The van der Waals surface area contributed by atoms with Gasteiger partial charge in [0, 0.05) is 49.5 Å². The molecule has 3 aromatic heterocycles. The smallest absolute Gasteiger partial charge is 0.160 e. The molecule has 60 heavy (non-hydrogen) atoms. The molecule has 280 valence electrons. The highest BCUT2D eigenvalue weighted by molar-refractivity contribution is 6.11. The zero-order valence-corrected chi connectivity index (χ0v) is 32.5. The van der Waals surface area contributed by atoms with Crippen LogP contribution in [-0.4, -0.2) is 14.5 Å². The Morgan fingerprint density at radius 1 is 0.333 bits per heavy atom. The Balaban J connectivity index is 0.947. The summed E-state index contributed by atoms with van der Waals surface area (Å²) in [5.74, 6) is 0.688. The number of nitrogens with zero attached hydrogens (tertiary/aromatic N) is 3. The summed E-state index contributed by atoms with van der Waals surface area (Å²) >= 11 is 0. The number of hydrogen-bond donors (Lipinski definition) is 0. The summed E-state index contributed by atoms with van der Waals surface area (Å²) in [6, 6.07) is 75.0. The molecule has 0 N–H and O–H groups in total. The molecule has 0 fully saturated rings. The minimum absolute atomic E-state index is 0.688. The van der Waals surface area contributed by atoms with Crippen molar-refractivity contribution in [3.05, 3.63) is 212 Å². The maximum atomic E-state index is 6.38. The Labute approximate surface area is 346 Å². The van der Waals surface area contributed by atoms with Gasteiger partial charge in [0.25, 0.3) is 0 Å². The van der Waals surface area contributed by atoms with E-state index in [2.05, 4.69) is 187 Å². The van der Waals surface area contributed by atoms with Crippen LogP contribution in [0.2, 0.25) is 0 Å². The molecule has 0 aliphatic carbocycles. The fraction of sp³-hybridized carbons (Fsp3) is 0. The normalized spacial score (nSPS) is 11.7. The predicted molar refractivity (Wildman–Crippen MR) is 248 cm³/mol. The molecule has 0 bridgehead atoms. The van der Waals surface area contributed by atoms with Gasteiger partial charge in [0.2, 0.25) is 0 Å². The van der Waals surface area contributed by atoms with E-state index < -0.39 is 0 Å². The van der Waals surface area contributed by atoms with Crippen LogP contribution in [0.1, 0.15) is 0 Å². The highest BCUT2D eigenvalue weighted by Gasteiger charge is 2.17. The van der Waals surface area contributed by atoms with Gasteiger partial charge in [-0.25, -0.2) is 9.97 Å². The largest absolute Gasteiger partial charge is 0.455 e. The van der Waals surface area contributed by atoms with Crippen LogP contribution in [0.4, 0.5) is 0 Å². The molecule has 4 heteroatoms. The number of rotatable bonds is 6. The molecule has 0 radical (unpaired) electrons. The summed E-state index contributed by atoms with van der Waals surface area (Å²) < 4.78 is 8.74. The van der Waals surface area contributed by atoms with Crippen molar-refractivity contribution >= 4 is 54.5 Å². The maximum absolute atomic E-state index is 6.38. The molecular formula is C56H35N3O. The van der Waals surface area contributed by atoms with E-state index >= 15 is 0 Å². The Morgan fingerprint density at radius 2 is 0.867 bits per heavy atom. The van der Waals surface area contributed by atoms with E-state index in [1.165, 1.54) is 32.8 Å². The van der Waals surface area contributed by atoms with E-state index in [4.69, 9.17) is 14.4 Å². The third-order valence-electron chi connectivity index (χ3n) is 11.9. The van der Waals surface area contributed by atoms with Crippen molar-refractivity contribution in [2.24, 2.45) is 0 Å². The lowest BCUT2D eigenvalue weighted by molar-refractivity contribution is 0.670. The van der Waals surface area contributed by atoms with Crippen LogP contribution in [0.3, 0.4) is 0 Å². The van der Waals surface area contributed by atoms with Gasteiger partial charge in [-0.2, -0.15) is 0 Å². The third-order valence-corrected chi connectivity index (χ3v) is 11.9. The van der Waals surface area contributed by atoms with Gasteiger partial charge in [0.05, 0.1) is 22.4 Å². The monoisotopic (exact) mass is 765 g/mol. The van der Waals surface area contributed by atoms with Crippen LogP contribution in [0.5, 0.6) is 0 Å². The Morgan fingerprint density at radius 3 is 1.60 bits per heavy atom. The van der Waals surface area contributed by atoms with Crippen molar-refractivity contribution in [3.8, 4) is 61.8 Å². The molecule has 3 heterocycles. The molecule has 9 aromatic carbocycles. The SMILES string of the molecule is c1ccc(-c2nc(-c3ccc(-c4cccc5c4oc4ccccc45)cc3)cc(-c3ccc(-c4ccc(-n5c6ccccc6c6ccccc65)cc4)c4ccccc34)n2)cc1. The maximum Gasteiger partial charge on any atom is 0.160 e. The standard InChI is InChI=1S/C56H35N3O/c1-2-13-39(14-3-1)56-57-50(38-27-25-37(26-28-38)42-20-12-21-49-48-19-8-11-24-54(48)60-55(42)49)35-51(58-56)45-34-33-41(43-15-4-5-16-44(43)45)36-29-31-40(32-30-36)59-52-22-9-6-17-46(52)47-18-7-10-23-53(47)59/h1-35H. The van der Waals surface area contributed by atoms with Crippen molar-refractivity contribution in [3.63, 3.8) is 0 Å². The third kappa shape index (κ3) is 5.53. The molecule has 0 atom stereocenters. The van der Waals surface area contributed by atoms with E-state index in [-0.39, 0.29) is 0 Å². The lowest BCUT2D eigenvalue weighted by Gasteiger charge is -2.15. The first-order valence-electron chi connectivity index (χ1n) is 20.3. The van der Waals surface area contributed by atoms with Gasteiger partial charge in [-0.05, 0) is 63.9 Å². The van der Waals surface area contributed by atoms with Crippen LogP contribution in [0, 0.1) is 0 Å². The molecule has 0 unspecified atom stereocenters. The number of para-hydroxylation sites is 4. The van der Waals surface area contributed by atoms with E-state index in [1.807, 2.05) is 30.3 Å². The van der Waals surface area contributed by atoms with Gasteiger partial charge in [-0.3, -0.25) is 0 Å². The van der Waals surface area contributed by atoms with E-state index in [9.17, 15) is 0 Å². The second-order valence-electron chi connectivity index (χ2n) is 15.3. The average molecular weight is 766 g/mol. The minimum Gasteiger partial charge on any atom is -0.455 e. The highest BCUT2D eigenvalue weighted by atomic mass is 16.3. The molecule has 0 aliphatic rings. The van der Waals surface area contributed by atoms with Gasteiger partial charge < -0.3 is 8.98 Å². The van der Waals surface area contributed by atoms with Gasteiger partial charge in [0.15, 0.2) is 5.82 Å². The van der Waals surface area contributed by atoms with Crippen molar-refractivity contribution in [1.29, 1.82) is 0 Å². The first-order chi connectivity index (χ1) is 29.7. The summed E-state index contributed by atoms with van der Waals surface area (Å²) in [7, 11) is 0. The number of furan rings is 1. The lowest BCUT2D eigenvalue weighted by Crippen LogP contribution is -1.97. The predicted octanol–water partition coefficient (Wildman–Crippen LogP) is 15.0. The number of aromatic nitrogens is 3. The fourth-order valence-corrected chi connectivity index (χ4v) is 9.01. The molecule has 0 spiro atoms. The lowest BCUT2D eigenvalue weighted by atomic mass is 9.93. The van der Waals surface area contributed by atoms with Crippen LogP contribution in [0.15, 0.2) is 217 Å². The minimum atomic E-state index is 0.688. The summed E-state index contributed by atoms with van der Waals surface area (Å²) in [4.78, 5) is 10.4. The quantitative estimate of drug-likeness (QED) is 0.169. The molecule has 12 aromatic rings. The molecule has 12 rings (SSSR count). The first-order valence-corrected chi connectivity index (χ1v) is 20.3. The second-order valence-corrected chi connectivity index (χ2v) is 15.3. The highest BCUT2D eigenvalue weighted by Crippen LogP contribution is 2.40. The summed E-state index contributed by atoms with van der Waals surface area (Å²) in [5.41, 5.74) is 14.6. The molecular weight excluding hydrogens is 731 g/mol. The molecule has 0 aliphatic heterocycles. The van der Waals surface area contributed by atoms with Crippen LogP contribution in [-0.2, 0) is 0 Å². The Hall–Kier alpha value is -8.08. The average Bonchev–Trinajstić information content (AvgIpc) is 3.88. The van der Waals surface area contributed by atoms with E-state index in [1.54, 1.807) is 0 Å². The zero-order valence-electron chi connectivity index (χ0n) is 32.5. The number of fused-ring (bicyclic) bond motifs is 7. The fourth-order valence-electron chi connectivity index (χ4n) is 9.01. The molecule has 0 amide bonds. The van der Waals surface area contributed by atoms with Gasteiger partial charge in [-0.15, -0.1) is 0 Å². The van der Waals surface area contributed by atoms with Crippen molar-refractivity contribution in [1.82, 2.24) is 14.5 Å². The summed E-state index contributed by atoms with van der Waals surface area (Å²) in [5, 5.41) is 7.08. The molecule has 0 saturated carbocycles. The Kier molecular flexibility index (Phi) is 7.82. The van der Waals surface area contributed by atoms with Crippen LogP contribution < -0.4 is 0 Å². The van der Waals surface area contributed by atoms with Crippen molar-refractivity contribution in [2.75, 3.05) is 0 Å². The van der Waals surface area contributed by atoms with Gasteiger partial charge in [-0.1, -0.05) is 176 Å². The van der Waals surface area contributed by atoms with Crippen molar-refractivity contribution < 1.29 is 4.42 Å². The molecule has 4 nitrogen and oxygen atoms in total. The summed E-state index contributed by atoms with van der Waals surface area (Å²) in [6.07, 6.45) is 0.